The molecule has 0 saturated carbocycles. The molecule has 9 heteroatoms. The fourth-order valence-electron chi connectivity index (χ4n) is 3.70. The van der Waals surface area contributed by atoms with E-state index < -0.39 is 47.7 Å². The number of nitrogens with one attached hydrogen (secondary N) is 1. The molecular weight excluding hydrogens is 454 g/mol. The van der Waals surface area contributed by atoms with Crippen molar-refractivity contribution in [3.8, 4) is 0 Å². The highest BCUT2D eigenvalue weighted by Crippen LogP contribution is 2.23. The van der Waals surface area contributed by atoms with Crippen molar-refractivity contribution in [2.24, 2.45) is 5.41 Å². The summed E-state index contributed by atoms with van der Waals surface area (Å²) in [5.74, 6) is -3.98. The highest BCUT2D eigenvalue weighted by atomic mass is 16.5. The Kier molecular flexibility index (Phi) is 12.0. The molecule has 0 unspecified atom stereocenters. The van der Waals surface area contributed by atoms with Crippen LogP contribution in [0.25, 0.3) is 0 Å². The molecule has 1 rings (SSSR count). The van der Waals surface area contributed by atoms with Gasteiger partial charge in [0.1, 0.15) is 24.8 Å². The van der Waals surface area contributed by atoms with Crippen LogP contribution in [-0.4, -0.2) is 53.8 Å². The zero-order valence-corrected chi connectivity index (χ0v) is 20.7. The van der Waals surface area contributed by atoms with Gasteiger partial charge in [0, 0.05) is 31.4 Å². The van der Waals surface area contributed by atoms with E-state index in [1.54, 1.807) is 31.2 Å². The van der Waals surface area contributed by atoms with E-state index in [1.165, 1.54) is 0 Å². The first kappa shape index (κ1) is 29.7. The van der Waals surface area contributed by atoms with Gasteiger partial charge in [-0.05, 0) is 51.3 Å². The van der Waals surface area contributed by atoms with Gasteiger partial charge < -0.3 is 10.1 Å². The van der Waals surface area contributed by atoms with E-state index in [0.717, 1.165) is 26.3 Å². The third kappa shape index (κ3) is 8.75. The van der Waals surface area contributed by atoms with Gasteiger partial charge in [0.15, 0.2) is 23.1 Å². The molecule has 0 heterocycles. The summed E-state index contributed by atoms with van der Waals surface area (Å²) in [6, 6.07) is 6.87. The predicted octanol–water partition coefficient (Wildman–Crippen LogP) is 2.62. The average molecular weight is 488 g/mol. The smallest absolute Gasteiger partial charge is 0.250 e. The Bertz CT molecular complexity index is 942. The number of ketones is 6. The van der Waals surface area contributed by atoms with Crippen LogP contribution in [0.3, 0.4) is 0 Å². The van der Waals surface area contributed by atoms with E-state index >= 15 is 0 Å². The molecule has 0 aliphatic carbocycles. The summed E-state index contributed by atoms with van der Waals surface area (Å²) in [5.41, 5.74) is -1.01. The second kappa shape index (κ2) is 14.2. The average Bonchev–Trinajstić information content (AvgIpc) is 2.78. The van der Waals surface area contributed by atoms with Crippen molar-refractivity contribution < 1.29 is 38.3 Å². The molecule has 0 atom stereocenters. The number of amides is 1. The minimum absolute atomic E-state index is 0.0984. The Labute approximate surface area is 205 Å². The Morgan fingerprint density at radius 3 is 1.83 bits per heavy atom. The largest absolute Gasteiger partial charge is 0.364 e. The third-order valence-electron chi connectivity index (χ3n) is 5.70. The number of carbonyl (C=O) groups is 7. The van der Waals surface area contributed by atoms with E-state index in [4.69, 9.17) is 4.74 Å². The predicted molar refractivity (Wildman–Crippen MR) is 128 cm³/mol. The Balaban J connectivity index is 2.49. The summed E-state index contributed by atoms with van der Waals surface area (Å²) >= 11 is 0. The number of hydrogen-bond acceptors (Lipinski definition) is 8. The quantitative estimate of drug-likeness (QED) is 0.331. The van der Waals surface area contributed by atoms with Crippen LogP contribution in [0.2, 0.25) is 0 Å². The summed E-state index contributed by atoms with van der Waals surface area (Å²) in [5, 5.41) is 2.58. The molecule has 0 saturated heterocycles. The van der Waals surface area contributed by atoms with Gasteiger partial charge in [-0.15, -0.1) is 0 Å². The zero-order valence-electron chi connectivity index (χ0n) is 20.7. The van der Waals surface area contributed by atoms with Crippen molar-refractivity contribution in [2.45, 2.75) is 66.2 Å². The molecule has 0 aliphatic heterocycles. The molecule has 0 spiro atoms. The normalized spacial score (nSPS) is 11.0. The van der Waals surface area contributed by atoms with Gasteiger partial charge in [-0.25, -0.2) is 0 Å². The first-order valence-corrected chi connectivity index (χ1v) is 11.5. The van der Waals surface area contributed by atoms with Gasteiger partial charge in [0.2, 0.25) is 11.3 Å². The highest BCUT2D eigenvalue weighted by Gasteiger charge is 2.51. The molecular formula is C26H33NO8. The lowest BCUT2D eigenvalue weighted by Crippen LogP contribution is -2.51. The van der Waals surface area contributed by atoms with E-state index in [9.17, 15) is 33.6 Å². The van der Waals surface area contributed by atoms with Crippen LogP contribution in [0.5, 0.6) is 0 Å². The minimum Gasteiger partial charge on any atom is -0.364 e. The number of ether oxygens (including phenoxy) is 1. The van der Waals surface area contributed by atoms with Gasteiger partial charge in [-0.1, -0.05) is 19.1 Å². The van der Waals surface area contributed by atoms with Crippen molar-refractivity contribution in [3.05, 3.63) is 29.8 Å². The van der Waals surface area contributed by atoms with E-state index in [-0.39, 0.29) is 11.6 Å². The van der Waals surface area contributed by atoms with Crippen LogP contribution in [0.1, 0.15) is 65.4 Å². The van der Waals surface area contributed by atoms with Crippen molar-refractivity contribution in [1.82, 2.24) is 0 Å². The molecule has 35 heavy (non-hydrogen) atoms. The SMILES string of the molecule is CCC(=O)CCCC(=O)CCc1ccc(NC(=O)COCC(=O)C(C(C)=O)(C(C)=O)C(C)=O)cc1. The Morgan fingerprint density at radius 2 is 1.31 bits per heavy atom. The van der Waals surface area contributed by atoms with Crippen molar-refractivity contribution in [2.75, 3.05) is 18.5 Å². The van der Waals surface area contributed by atoms with Crippen molar-refractivity contribution in [1.29, 1.82) is 0 Å². The number of carbonyl (C=O) groups excluding carboxylic acids is 7. The number of hydrogen-bond donors (Lipinski definition) is 1. The fraction of sp³-hybridized carbons (Fsp3) is 0.500. The molecule has 1 amide bonds. The van der Waals surface area contributed by atoms with Crippen LogP contribution in [0.15, 0.2) is 24.3 Å². The maximum atomic E-state index is 12.4. The molecule has 0 radical (unpaired) electrons. The molecule has 1 N–H and O–H groups in total. The van der Waals surface area contributed by atoms with Crippen LogP contribution in [0, 0.1) is 5.41 Å². The van der Waals surface area contributed by atoms with Gasteiger partial charge in [-0.3, -0.25) is 33.6 Å². The first-order valence-electron chi connectivity index (χ1n) is 11.5. The molecule has 190 valence electrons. The molecule has 0 fully saturated rings. The van der Waals surface area contributed by atoms with E-state index in [0.29, 0.717) is 44.2 Å². The maximum Gasteiger partial charge on any atom is 0.250 e. The van der Waals surface area contributed by atoms with E-state index in [1.807, 2.05) is 0 Å². The second-order valence-electron chi connectivity index (χ2n) is 8.36. The lowest BCUT2D eigenvalue weighted by molar-refractivity contribution is -0.154. The Hall–Kier alpha value is -3.33. The lowest BCUT2D eigenvalue weighted by atomic mass is 9.73. The summed E-state index contributed by atoms with van der Waals surface area (Å²) < 4.78 is 5.05. The van der Waals surface area contributed by atoms with Gasteiger partial charge in [0.05, 0.1) is 0 Å². The minimum atomic E-state index is -2.40. The number of aryl methyl sites for hydroxylation is 1. The molecule has 0 aliphatic rings. The topological polar surface area (TPSA) is 141 Å². The van der Waals surface area contributed by atoms with Crippen molar-refractivity contribution >= 4 is 46.3 Å². The number of rotatable bonds is 17. The number of anilines is 1. The molecule has 1 aromatic rings. The van der Waals surface area contributed by atoms with Crippen molar-refractivity contribution in [3.63, 3.8) is 0 Å². The molecule has 0 bridgehead atoms. The summed E-state index contributed by atoms with van der Waals surface area (Å²) in [7, 11) is 0. The number of benzene rings is 1. The van der Waals surface area contributed by atoms with Crippen LogP contribution in [-0.2, 0) is 44.7 Å². The van der Waals surface area contributed by atoms with Crippen LogP contribution in [0.4, 0.5) is 5.69 Å². The second-order valence-corrected chi connectivity index (χ2v) is 8.36. The monoisotopic (exact) mass is 487 g/mol. The van der Waals surface area contributed by atoms with E-state index in [2.05, 4.69) is 5.32 Å². The van der Waals surface area contributed by atoms with Gasteiger partial charge >= 0.3 is 0 Å². The standard InChI is InChI=1S/C26H33NO8/c1-5-22(31)7-6-8-23(32)14-11-20-9-12-21(13-10-20)27-25(34)16-35-15-24(33)26(17(2)28,18(3)29)19(4)30/h9-10,12-13H,5-8,11,14-16H2,1-4H3,(H,27,34). The molecule has 9 nitrogen and oxygen atoms in total. The third-order valence-corrected chi connectivity index (χ3v) is 5.70. The summed E-state index contributed by atoms with van der Waals surface area (Å²) in [6.07, 6.45) is 2.79. The van der Waals surface area contributed by atoms with Gasteiger partial charge in [-0.2, -0.15) is 0 Å². The summed E-state index contributed by atoms with van der Waals surface area (Å²) in [4.78, 5) is 83.4. The molecule has 0 aromatic heterocycles. The molecule has 1 aromatic carbocycles. The zero-order chi connectivity index (χ0) is 26.6. The van der Waals surface area contributed by atoms with Gasteiger partial charge in [0.25, 0.3) is 0 Å². The maximum absolute atomic E-state index is 12.4. The number of Topliss-reactive ketones (excluding diaryl/α,β-unsaturated/α-hetero) is 6. The summed E-state index contributed by atoms with van der Waals surface area (Å²) in [6.45, 7) is 3.50. The van der Waals surface area contributed by atoms with Crippen LogP contribution >= 0.6 is 0 Å². The van der Waals surface area contributed by atoms with Crippen LogP contribution < -0.4 is 5.32 Å². The Morgan fingerprint density at radius 1 is 0.771 bits per heavy atom. The first-order chi connectivity index (χ1) is 16.4. The highest BCUT2D eigenvalue weighted by molar-refractivity contribution is 6.37. The lowest BCUT2D eigenvalue weighted by Gasteiger charge is -2.23. The fourth-order valence-corrected chi connectivity index (χ4v) is 3.70.